The van der Waals surface area contributed by atoms with Crippen LogP contribution in [0.3, 0.4) is 0 Å². The highest BCUT2D eigenvalue weighted by molar-refractivity contribution is 5.74. The minimum absolute atomic E-state index is 0.132. The predicted molar refractivity (Wildman–Crippen MR) is 89.2 cm³/mol. The zero-order valence-electron chi connectivity index (χ0n) is 12.6. The van der Waals surface area contributed by atoms with Gasteiger partial charge in [-0.2, -0.15) is 5.10 Å². The molecule has 1 aromatic heterocycles. The highest BCUT2D eigenvalue weighted by atomic mass is 16.1. The summed E-state index contributed by atoms with van der Waals surface area (Å²) in [5.41, 5.74) is 9.81. The molecule has 4 heteroatoms. The van der Waals surface area contributed by atoms with Gasteiger partial charge in [0.05, 0.1) is 11.3 Å². The molecule has 0 bridgehead atoms. The molecule has 0 saturated carbocycles. The highest BCUT2D eigenvalue weighted by Gasteiger charge is 2.15. The lowest BCUT2D eigenvalue weighted by atomic mass is 10.1. The van der Waals surface area contributed by atoms with Gasteiger partial charge in [0.15, 0.2) is 0 Å². The van der Waals surface area contributed by atoms with Crippen LogP contribution in [-0.4, -0.2) is 9.78 Å². The number of anilines is 1. The average Bonchev–Trinajstić information content (AvgIpc) is 2.52. The van der Waals surface area contributed by atoms with Crippen LogP contribution < -0.4 is 11.2 Å². The lowest BCUT2D eigenvalue weighted by Crippen LogP contribution is -2.21. The van der Waals surface area contributed by atoms with Crippen LogP contribution in [0.4, 0.5) is 5.82 Å². The van der Waals surface area contributed by atoms with Gasteiger partial charge < -0.3 is 5.73 Å². The topological polar surface area (TPSA) is 60.9 Å². The molecule has 0 atom stereocenters. The van der Waals surface area contributed by atoms with Crippen LogP contribution in [0.5, 0.6) is 0 Å². The summed E-state index contributed by atoms with van der Waals surface area (Å²) in [7, 11) is 0. The Morgan fingerprint density at radius 1 is 1.00 bits per heavy atom. The van der Waals surface area contributed by atoms with E-state index in [4.69, 9.17) is 5.73 Å². The molecule has 0 aliphatic heterocycles. The van der Waals surface area contributed by atoms with Crippen molar-refractivity contribution in [2.45, 2.75) is 13.8 Å². The van der Waals surface area contributed by atoms with Gasteiger partial charge in [0.25, 0.3) is 0 Å². The van der Waals surface area contributed by atoms with Crippen LogP contribution in [0.2, 0.25) is 0 Å². The molecule has 0 aliphatic carbocycles. The summed E-state index contributed by atoms with van der Waals surface area (Å²) >= 11 is 0. The Morgan fingerprint density at radius 2 is 1.73 bits per heavy atom. The second-order valence-corrected chi connectivity index (χ2v) is 5.29. The molecule has 22 heavy (non-hydrogen) atoms. The van der Waals surface area contributed by atoms with Crippen molar-refractivity contribution in [3.8, 4) is 16.8 Å². The molecular formula is C18H17N3O. The van der Waals surface area contributed by atoms with Crippen molar-refractivity contribution in [2.24, 2.45) is 0 Å². The van der Waals surface area contributed by atoms with Gasteiger partial charge in [-0.15, -0.1) is 0 Å². The molecule has 2 N–H and O–H groups in total. The van der Waals surface area contributed by atoms with Gasteiger partial charge in [-0.1, -0.05) is 42.5 Å². The fourth-order valence-electron chi connectivity index (χ4n) is 2.49. The van der Waals surface area contributed by atoms with Crippen molar-refractivity contribution in [3.63, 3.8) is 0 Å². The molecule has 0 aliphatic rings. The Kier molecular flexibility index (Phi) is 3.51. The first-order chi connectivity index (χ1) is 10.6. The summed E-state index contributed by atoms with van der Waals surface area (Å²) in [5, 5.41) is 4.35. The van der Waals surface area contributed by atoms with E-state index < -0.39 is 0 Å². The van der Waals surface area contributed by atoms with E-state index in [1.54, 1.807) is 11.6 Å². The Balaban J connectivity index is 2.31. The number of benzene rings is 2. The predicted octanol–water partition coefficient (Wildman–Crippen LogP) is 3.10. The molecule has 0 radical (unpaired) electrons. The Morgan fingerprint density at radius 3 is 2.41 bits per heavy atom. The van der Waals surface area contributed by atoms with Crippen LogP contribution in [0.25, 0.3) is 16.8 Å². The molecule has 0 unspecified atom stereocenters. The molecule has 2 aromatic carbocycles. The number of hydrogen-bond donors (Lipinski definition) is 1. The van der Waals surface area contributed by atoms with E-state index >= 15 is 0 Å². The molecule has 0 amide bonds. The highest BCUT2D eigenvalue weighted by Crippen LogP contribution is 2.24. The van der Waals surface area contributed by atoms with Crippen LogP contribution in [0.1, 0.15) is 11.3 Å². The van der Waals surface area contributed by atoms with E-state index in [0.717, 1.165) is 16.8 Å². The Hall–Kier alpha value is -2.88. The lowest BCUT2D eigenvalue weighted by molar-refractivity contribution is 0.823. The zero-order chi connectivity index (χ0) is 15.7. The monoisotopic (exact) mass is 291 g/mol. The maximum atomic E-state index is 12.5. The van der Waals surface area contributed by atoms with Crippen molar-refractivity contribution >= 4 is 5.82 Å². The maximum Gasteiger partial charge on any atom is 0.213 e. The molecule has 1 heterocycles. The van der Waals surface area contributed by atoms with Crippen molar-refractivity contribution in [1.29, 1.82) is 0 Å². The second kappa shape index (κ2) is 5.48. The summed E-state index contributed by atoms with van der Waals surface area (Å²) in [6.45, 7) is 3.72. The number of rotatable bonds is 2. The smallest absolute Gasteiger partial charge is 0.213 e. The van der Waals surface area contributed by atoms with E-state index in [9.17, 15) is 4.79 Å². The molecule has 0 fully saturated rings. The molecule has 110 valence electrons. The van der Waals surface area contributed by atoms with E-state index in [0.29, 0.717) is 17.1 Å². The number of nitrogen functional groups attached to an aromatic ring is 1. The van der Waals surface area contributed by atoms with Crippen LogP contribution in [0.15, 0.2) is 59.4 Å². The van der Waals surface area contributed by atoms with Crippen LogP contribution >= 0.6 is 0 Å². The summed E-state index contributed by atoms with van der Waals surface area (Å²) in [6, 6.07) is 17.3. The number of aromatic nitrogens is 2. The van der Waals surface area contributed by atoms with Crippen molar-refractivity contribution in [2.75, 3.05) is 5.73 Å². The molecule has 3 rings (SSSR count). The van der Waals surface area contributed by atoms with Gasteiger partial charge in [0.1, 0.15) is 11.5 Å². The van der Waals surface area contributed by atoms with Gasteiger partial charge in [0, 0.05) is 0 Å². The van der Waals surface area contributed by atoms with Crippen LogP contribution in [0, 0.1) is 13.8 Å². The lowest BCUT2D eigenvalue weighted by Gasteiger charge is -2.14. The van der Waals surface area contributed by atoms with Gasteiger partial charge >= 0.3 is 0 Å². The number of nitrogens with two attached hydrogens (primary N) is 1. The fraction of sp³-hybridized carbons (Fsp3) is 0.111. The molecule has 0 spiro atoms. The third-order valence-electron chi connectivity index (χ3n) is 3.60. The SMILES string of the molecule is Cc1cccc(-n2nc(C)c(=O)c(-c3ccccc3)c2N)c1. The van der Waals surface area contributed by atoms with E-state index in [-0.39, 0.29) is 5.43 Å². The normalized spacial score (nSPS) is 10.6. The van der Waals surface area contributed by atoms with Gasteiger partial charge in [-0.25, -0.2) is 4.68 Å². The maximum absolute atomic E-state index is 12.5. The van der Waals surface area contributed by atoms with Crippen molar-refractivity contribution < 1.29 is 0 Å². The standard InChI is InChI=1S/C18H17N3O/c1-12-7-6-10-15(11-12)21-18(19)16(17(22)13(2)20-21)14-8-4-3-5-9-14/h3-11H,19H2,1-2H3. The Labute approximate surface area is 128 Å². The largest absolute Gasteiger partial charge is 0.383 e. The average molecular weight is 291 g/mol. The molecule has 0 saturated heterocycles. The van der Waals surface area contributed by atoms with E-state index in [2.05, 4.69) is 5.10 Å². The van der Waals surface area contributed by atoms with Gasteiger partial charge in [0.2, 0.25) is 5.43 Å². The quantitative estimate of drug-likeness (QED) is 0.789. The van der Waals surface area contributed by atoms with Crippen LogP contribution in [-0.2, 0) is 0 Å². The molecule has 3 aromatic rings. The van der Waals surface area contributed by atoms with Crippen molar-refractivity contribution in [3.05, 3.63) is 76.1 Å². The third kappa shape index (κ3) is 2.39. The first-order valence-electron chi connectivity index (χ1n) is 7.10. The van der Waals surface area contributed by atoms with Gasteiger partial charge in [-0.05, 0) is 37.1 Å². The number of nitrogens with zero attached hydrogens (tertiary/aromatic N) is 2. The molecule has 4 nitrogen and oxygen atoms in total. The second-order valence-electron chi connectivity index (χ2n) is 5.29. The summed E-state index contributed by atoms with van der Waals surface area (Å²) < 4.78 is 1.63. The first-order valence-corrected chi connectivity index (χ1v) is 7.10. The van der Waals surface area contributed by atoms with Gasteiger partial charge in [-0.3, -0.25) is 4.79 Å². The third-order valence-corrected chi connectivity index (χ3v) is 3.60. The van der Waals surface area contributed by atoms with Crippen molar-refractivity contribution in [1.82, 2.24) is 9.78 Å². The zero-order valence-corrected chi connectivity index (χ0v) is 12.6. The van der Waals surface area contributed by atoms with E-state index in [1.807, 2.05) is 61.5 Å². The number of hydrogen-bond acceptors (Lipinski definition) is 3. The Bertz CT molecular complexity index is 883. The first kappa shape index (κ1) is 14.1. The minimum Gasteiger partial charge on any atom is -0.383 e. The van der Waals surface area contributed by atoms with E-state index in [1.165, 1.54) is 0 Å². The fourth-order valence-corrected chi connectivity index (χ4v) is 2.49. The molecular weight excluding hydrogens is 274 g/mol. The summed E-state index contributed by atoms with van der Waals surface area (Å²) in [5.74, 6) is 0.354. The summed E-state index contributed by atoms with van der Waals surface area (Å²) in [6.07, 6.45) is 0. The number of aryl methyl sites for hydroxylation is 2. The summed E-state index contributed by atoms with van der Waals surface area (Å²) in [4.78, 5) is 12.5. The minimum atomic E-state index is -0.132.